The number of aromatic nitrogens is 1. The summed E-state index contributed by atoms with van der Waals surface area (Å²) >= 11 is 0. The molecular formula is C8H9N3O2S. The summed E-state index contributed by atoms with van der Waals surface area (Å²) in [5.41, 5.74) is 5.97. The maximum absolute atomic E-state index is 11.2. The van der Waals surface area contributed by atoms with E-state index in [0.29, 0.717) is 5.56 Å². The minimum atomic E-state index is -3.50. The number of nitrogens with two attached hydrogens (primary N) is 1. The number of sulfone groups is 1. The van der Waals surface area contributed by atoms with E-state index in [1.165, 1.54) is 6.07 Å². The predicted molar refractivity (Wildman–Crippen MR) is 51.2 cm³/mol. The van der Waals surface area contributed by atoms with Gasteiger partial charge in [-0.2, -0.15) is 5.26 Å². The highest BCUT2D eigenvalue weighted by Crippen LogP contribution is 2.18. The zero-order valence-corrected chi connectivity index (χ0v) is 8.59. The lowest BCUT2D eigenvalue weighted by atomic mass is 10.2. The van der Waals surface area contributed by atoms with Crippen LogP contribution in [0, 0.1) is 18.3 Å². The average molecular weight is 211 g/mol. The van der Waals surface area contributed by atoms with Crippen molar-refractivity contribution in [1.82, 2.24) is 4.98 Å². The fourth-order valence-electron chi connectivity index (χ4n) is 1.07. The Morgan fingerprint density at radius 3 is 2.57 bits per heavy atom. The Bertz CT molecular complexity index is 514. The van der Waals surface area contributed by atoms with Crippen molar-refractivity contribution in [2.75, 3.05) is 12.0 Å². The monoisotopic (exact) mass is 211 g/mol. The molecule has 0 aliphatic rings. The normalized spacial score (nSPS) is 10.9. The highest BCUT2D eigenvalue weighted by Gasteiger charge is 2.17. The lowest BCUT2D eigenvalue weighted by Gasteiger charge is -2.04. The number of hydrogen-bond donors (Lipinski definition) is 1. The van der Waals surface area contributed by atoms with Crippen LogP contribution in [0.15, 0.2) is 11.1 Å². The Kier molecular flexibility index (Phi) is 2.45. The summed E-state index contributed by atoms with van der Waals surface area (Å²) in [6, 6.07) is 3.27. The molecule has 0 spiro atoms. The third-order valence-electron chi connectivity index (χ3n) is 1.67. The molecule has 6 heteroatoms. The van der Waals surface area contributed by atoms with E-state index in [2.05, 4.69) is 4.98 Å². The topological polar surface area (TPSA) is 96.8 Å². The molecule has 0 unspecified atom stereocenters. The SMILES string of the molecule is Cc1cc(N)nc(S(C)(=O)=O)c1C#N. The molecule has 0 atom stereocenters. The fraction of sp³-hybridized carbons (Fsp3) is 0.250. The van der Waals surface area contributed by atoms with Crippen molar-refractivity contribution in [3.8, 4) is 6.07 Å². The summed E-state index contributed by atoms with van der Waals surface area (Å²) in [7, 11) is -3.50. The van der Waals surface area contributed by atoms with E-state index in [1.807, 2.05) is 0 Å². The Balaban J connectivity index is 3.68. The molecule has 2 N–H and O–H groups in total. The molecule has 5 nitrogen and oxygen atoms in total. The van der Waals surface area contributed by atoms with Gasteiger partial charge < -0.3 is 5.73 Å². The molecule has 14 heavy (non-hydrogen) atoms. The standard InChI is InChI=1S/C8H9N3O2S/c1-5-3-7(10)11-8(6(5)4-9)14(2,12)13/h3H,1-2H3,(H2,10,11). The van der Waals surface area contributed by atoms with E-state index in [-0.39, 0.29) is 16.4 Å². The molecule has 1 aromatic heterocycles. The van der Waals surface area contributed by atoms with Crippen LogP contribution in [0.25, 0.3) is 0 Å². The highest BCUT2D eigenvalue weighted by molar-refractivity contribution is 7.90. The van der Waals surface area contributed by atoms with Crippen LogP contribution in [0.5, 0.6) is 0 Å². The third-order valence-corrected chi connectivity index (χ3v) is 2.66. The molecule has 0 amide bonds. The summed E-state index contributed by atoms with van der Waals surface area (Å²) in [5, 5.41) is 8.51. The fourth-order valence-corrected chi connectivity index (χ4v) is 1.92. The molecule has 1 aromatic rings. The van der Waals surface area contributed by atoms with Gasteiger partial charge in [-0.05, 0) is 18.6 Å². The summed E-state index contributed by atoms with van der Waals surface area (Å²) < 4.78 is 22.5. The lowest BCUT2D eigenvalue weighted by molar-refractivity contribution is 0.598. The first kappa shape index (κ1) is 10.5. The number of anilines is 1. The zero-order valence-electron chi connectivity index (χ0n) is 7.77. The first-order valence-corrected chi connectivity index (χ1v) is 5.62. The van der Waals surface area contributed by atoms with Gasteiger partial charge >= 0.3 is 0 Å². The summed E-state index contributed by atoms with van der Waals surface area (Å²) in [6.07, 6.45) is 0.995. The van der Waals surface area contributed by atoms with Crippen molar-refractivity contribution in [2.24, 2.45) is 0 Å². The smallest absolute Gasteiger partial charge is 0.194 e. The van der Waals surface area contributed by atoms with Crippen molar-refractivity contribution in [3.63, 3.8) is 0 Å². The van der Waals surface area contributed by atoms with Gasteiger partial charge in [-0.3, -0.25) is 0 Å². The van der Waals surface area contributed by atoms with E-state index in [1.54, 1.807) is 13.0 Å². The Morgan fingerprint density at radius 2 is 2.14 bits per heavy atom. The molecule has 0 aliphatic carbocycles. The Morgan fingerprint density at radius 1 is 1.57 bits per heavy atom. The van der Waals surface area contributed by atoms with Crippen molar-refractivity contribution in [3.05, 3.63) is 17.2 Å². The number of pyridine rings is 1. The molecule has 0 saturated heterocycles. The van der Waals surface area contributed by atoms with E-state index in [9.17, 15) is 8.42 Å². The van der Waals surface area contributed by atoms with Gasteiger partial charge in [0.15, 0.2) is 14.9 Å². The second-order valence-electron chi connectivity index (χ2n) is 2.93. The molecule has 1 heterocycles. The minimum Gasteiger partial charge on any atom is -0.384 e. The number of nitriles is 1. The van der Waals surface area contributed by atoms with Crippen LogP contribution in [0.3, 0.4) is 0 Å². The van der Waals surface area contributed by atoms with Crippen molar-refractivity contribution in [1.29, 1.82) is 5.26 Å². The van der Waals surface area contributed by atoms with Crippen molar-refractivity contribution in [2.45, 2.75) is 11.9 Å². The van der Waals surface area contributed by atoms with Crippen LogP contribution < -0.4 is 5.73 Å². The maximum Gasteiger partial charge on any atom is 0.194 e. The van der Waals surface area contributed by atoms with Gasteiger partial charge in [0.1, 0.15) is 11.9 Å². The Labute approximate surface area is 82.1 Å². The molecule has 0 radical (unpaired) electrons. The second-order valence-corrected chi connectivity index (χ2v) is 4.86. The van der Waals surface area contributed by atoms with Crippen molar-refractivity contribution < 1.29 is 8.42 Å². The largest absolute Gasteiger partial charge is 0.384 e. The average Bonchev–Trinajstić information content (AvgIpc) is 2.01. The summed E-state index contributed by atoms with van der Waals surface area (Å²) in [6.45, 7) is 1.62. The van der Waals surface area contributed by atoms with Crippen LogP contribution in [0.4, 0.5) is 5.82 Å². The first-order valence-electron chi connectivity index (χ1n) is 3.73. The van der Waals surface area contributed by atoms with Gasteiger partial charge in [0.05, 0.1) is 5.56 Å². The van der Waals surface area contributed by atoms with Gasteiger partial charge in [0.25, 0.3) is 0 Å². The van der Waals surface area contributed by atoms with E-state index in [0.717, 1.165) is 6.26 Å². The third kappa shape index (κ3) is 1.83. The van der Waals surface area contributed by atoms with Gasteiger partial charge in [-0.15, -0.1) is 0 Å². The van der Waals surface area contributed by atoms with Gasteiger partial charge in [-0.25, -0.2) is 13.4 Å². The van der Waals surface area contributed by atoms with E-state index in [4.69, 9.17) is 11.0 Å². The van der Waals surface area contributed by atoms with Gasteiger partial charge in [0, 0.05) is 6.26 Å². The molecule has 1 rings (SSSR count). The van der Waals surface area contributed by atoms with Gasteiger partial charge in [-0.1, -0.05) is 0 Å². The van der Waals surface area contributed by atoms with Crippen LogP contribution in [0.1, 0.15) is 11.1 Å². The first-order chi connectivity index (χ1) is 6.36. The zero-order chi connectivity index (χ0) is 10.9. The number of hydrogen-bond acceptors (Lipinski definition) is 5. The maximum atomic E-state index is 11.2. The minimum absolute atomic E-state index is 0.0571. The predicted octanol–water partition coefficient (Wildman–Crippen LogP) is 0.247. The van der Waals surface area contributed by atoms with E-state index >= 15 is 0 Å². The number of nitrogens with zero attached hydrogens (tertiary/aromatic N) is 2. The quantitative estimate of drug-likeness (QED) is 0.718. The highest BCUT2D eigenvalue weighted by atomic mass is 32.2. The van der Waals surface area contributed by atoms with Crippen LogP contribution >= 0.6 is 0 Å². The number of aryl methyl sites for hydroxylation is 1. The number of rotatable bonds is 1. The summed E-state index contributed by atoms with van der Waals surface area (Å²) in [4.78, 5) is 3.64. The molecule has 0 saturated carbocycles. The molecule has 0 bridgehead atoms. The molecule has 0 aromatic carbocycles. The van der Waals surface area contributed by atoms with Crippen LogP contribution in [0.2, 0.25) is 0 Å². The molecule has 0 fully saturated rings. The molecule has 0 aliphatic heterocycles. The van der Waals surface area contributed by atoms with E-state index < -0.39 is 9.84 Å². The van der Waals surface area contributed by atoms with Crippen LogP contribution in [-0.4, -0.2) is 19.7 Å². The van der Waals surface area contributed by atoms with Crippen LogP contribution in [-0.2, 0) is 9.84 Å². The Hall–Kier alpha value is -1.61. The van der Waals surface area contributed by atoms with Gasteiger partial charge in [0.2, 0.25) is 0 Å². The molecular weight excluding hydrogens is 202 g/mol. The summed E-state index contributed by atoms with van der Waals surface area (Å²) in [5.74, 6) is 0.0990. The second kappa shape index (κ2) is 3.27. The van der Waals surface area contributed by atoms with Crippen molar-refractivity contribution >= 4 is 15.7 Å². The number of nitrogen functional groups attached to an aromatic ring is 1. The lowest BCUT2D eigenvalue weighted by Crippen LogP contribution is -2.07. The molecule has 74 valence electrons.